The molecule has 1 N–H and O–H groups in total. The molecule has 0 aliphatic rings. The minimum absolute atomic E-state index is 0.0561. The van der Waals surface area contributed by atoms with Gasteiger partial charge < -0.3 is 5.32 Å². The van der Waals surface area contributed by atoms with Crippen LogP contribution in [0.2, 0.25) is 0 Å². The Balaban J connectivity index is 2.30. The van der Waals surface area contributed by atoms with Gasteiger partial charge in [0.1, 0.15) is 5.69 Å². The molecule has 112 valence electrons. The van der Waals surface area contributed by atoms with Crippen LogP contribution in [-0.2, 0) is 6.54 Å². The van der Waals surface area contributed by atoms with Crippen LogP contribution in [0.5, 0.6) is 0 Å². The molecule has 0 fully saturated rings. The molecule has 0 spiro atoms. The van der Waals surface area contributed by atoms with E-state index in [2.05, 4.69) is 5.32 Å². The van der Waals surface area contributed by atoms with Crippen molar-refractivity contribution in [1.29, 1.82) is 0 Å². The van der Waals surface area contributed by atoms with Gasteiger partial charge in [-0.3, -0.25) is 0 Å². The summed E-state index contributed by atoms with van der Waals surface area (Å²) >= 11 is 0. The van der Waals surface area contributed by atoms with Crippen molar-refractivity contribution >= 4 is 5.69 Å². The molecule has 0 unspecified atom stereocenters. The minimum Gasteiger partial charge on any atom is -0.376 e. The largest absolute Gasteiger partial charge is 0.376 e. The molecule has 0 saturated carbocycles. The molecule has 6 heteroatoms. The monoisotopic (exact) mass is 301 g/mol. The molecule has 21 heavy (non-hydrogen) atoms. The molecule has 1 nitrogen and oxygen atoms in total. The third kappa shape index (κ3) is 2.84. The maximum atomic E-state index is 13.5. The fraction of sp³-hybridized carbons (Fsp3) is 0.200. The van der Waals surface area contributed by atoms with E-state index in [9.17, 15) is 22.0 Å². The summed E-state index contributed by atoms with van der Waals surface area (Å²) < 4.78 is 65.9. The van der Waals surface area contributed by atoms with Gasteiger partial charge in [0.15, 0.2) is 23.3 Å². The number of aryl methyl sites for hydroxylation is 2. The summed E-state index contributed by atoms with van der Waals surface area (Å²) in [7, 11) is 0. The summed E-state index contributed by atoms with van der Waals surface area (Å²) in [5.41, 5.74) is 1.65. The zero-order valence-corrected chi connectivity index (χ0v) is 11.3. The summed E-state index contributed by atoms with van der Waals surface area (Å²) in [6, 6.07) is 5.29. The first-order chi connectivity index (χ1) is 9.82. The molecule has 0 atom stereocenters. The van der Waals surface area contributed by atoms with Crippen LogP contribution in [0, 0.1) is 42.9 Å². The number of halogens is 5. The van der Waals surface area contributed by atoms with Crippen LogP contribution >= 0.6 is 0 Å². The molecule has 2 aromatic rings. The lowest BCUT2D eigenvalue weighted by molar-refractivity contribution is 0.381. The second-order valence-electron chi connectivity index (χ2n) is 4.72. The Morgan fingerprint density at radius 1 is 0.762 bits per heavy atom. The highest BCUT2D eigenvalue weighted by Crippen LogP contribution is 2.27. The molecule has 0 aliphatic heterocycles. The van der Waals surface area contributed by atoms with Crippen molar-refractivity contribution in [3.05, 3.63) is 64.0 Å². The van der Waals surface area contributed by atoms with Gasteiger partial charge in [0.2, 0.25) is 5.82 Å². The van der Waals surface area contributed by atoms with Gasteiger partial charge in [-0.15, -0.1) is 0 Å². The molecule has 0 amide bonds. The Morgan fingerprint density at radius 3 is 1.81 bits per heavy atom. The van der Waals surface area contributed by atoms with Crippen LogP contribution in [0.25, 0.3) is 0 Å². The van der Waals surface area contributed by atoms with Gasteiger partial charge in [-0.2, -0.15) is 0 Å². The lowest BCUT2D eigenvalue weighted by Crippen LogP contribution is -2.10. The van der Waals surface area contributed by atoms with E-state index in [1.807, 2.05) is 19.9 Å². The molecular weight excluding hydrogens is 289 g/mol. The van der Waals surface area contributed by atoms with Gasteiger partial charge in [0, 0.05) is 6.54 Å². The fourth-order valence-corrected chi connectivity index (χ4v) is 1.86. The average molecular weight is 301 g/mol. The molecule has 0 aromatic heterocycles. The second kappa shape index (κ2) is 5.71. The average Bonchev–Trinajstić information content (AvgIpc) is 2.46. The molecule has 0 heterocycles. The van der Waals surface area contributed by atoms with Gasteiger partial charge in [-0.05, 0) is 30.5 Å². The lowest BCUT2D eigenvalue weighted by Gasteiger charge is -2.11. The quantitative estimate of drug-likeness (QED) is 0.496. The third-order valence-corrected chi connectivity index (χ3v) is 3.25. The highest BCUT2D eigenvalue weighted by Gasteiger charge is 2.25. The van der Waals surface area contributed by atoms with E-state index >= 15 is 0 Å². The Hall–Kier alpha value is -2.11. The Bertz CT molecular complexity index is 668. The molecule has 0 aliphatic carbocycles. The van der Waals surface area contributed by atoms with Gasteiger partial charge in [-0.1, -0.05) is 18.2 Å². The van der Waals surface area contributed by atoms with Gasteiger partial charge in [-0.25, -0.2) is 22.0 Å². The van der Waals surface area contributed by atoms with Crippen LogP contribution in [0.4, 0.5) is 27.6 Å². The normalized spacial score (nSPS) is 10.8. The van der Waals surface area contributed by atoms with Crippen molar-refractivity contribution in [2.24, 2.45) is 0 Å². The second-order valence-corrected chi connectivity index (χ2v) is 4.72. The summed E-state index contributed by atoms with van der Waals surface area (Å²) in [6.45, 7) is 3.70. The van der Waals surface area contributed by atoms with Crippen LogP contribution in [0.1, 0.15) is 16.7 Å². The van der Waals surface area contributed by atoms with Crippen molar-refractivity contribution in [3.8, 4) is 0 Å². The number of hydrogen-bond acceptors (Lipinski definition) is 1. The Kier molecular flexibility index (Phi) is 4.16. The van der Waals surface area contributed by atoms with Crippen molar-refractivity contribution in [2.45, 2.75) is 20.4 Å². The van der Waals surface area contributed by atoms with Crippen LogP contribution in [-0.4, -0.2) is 0 Å². The van der Waals surface area contributed by atoms with E-state index in [0.717, 1.165) is 11.1 Å². The SMILES string of the molecule is Cc1ccc(CNc2c(F)c(F)c(F)c(F)c2F)cc1C. The van der Waals surface area contributed by atoms with Crippen molar-refractivity contribution in [1.82, 2.24) is 0 Å². The maximum Gasteiger partial charge on any atom is 0.200 e. The lowest BCUT2D eigenvalue weighted by atomic mass is 10.1. The number of hydrogen-bond donors (Lipinski definition) is 1. The Morgan fingerprint density at radius 2 is 1.29 bits per heavy atom. The van der Waals surface area contributed by atoms with Crippen LogP contribution in [0.15, 0.2) is 18.2 Å². The van der Waals surface area contributed by atoms with E-state index in [0.29, 0.717) is 5.56 Å². The summed E-state index contributed by atoms with van der Waals surface area (Å²) in [6.07, 6.45) is 0. The van der Waals surface area contributed by atoms with E-state index in [-0.39, 0.29) is 6.54 Å². The standard InChI is InChI=1S/C15H12F5N/c1-7-3-4-9(5-8(7)2)6-21-15-13(19)11(17)10(16)12(18)14(15)20/h3-5,21H,6H2,1-2H3. The highest BCUT2D eigenvalue weighted by atomic mass is 19.2. The van der Waals surface area contributed by atoms with E-state index in [1.54, 1.807) is 12.1 Å². The van der Waals surface area contributed by atoms with Gasteiger partial charge in [0.25, 0.3) is 0 Å². The van der Waals surface area contributed by atoms with Crippen molar-refractivity contribution in [2.75, 3.05) is 5.32 Å². The minimum atomic E-state index is -2.17. The van der Waals surface area contributed by atoms with Gasteiger partial charge >= 0.3 is 0 Å². The molecular formula is C15H12F5N. The number of anilines is 1. The fourth-order valence-electron chi connectivity index (χ4n) is 1.86. The van der Waals surface area contributed by atoms with Crippen molar-refractivity contribution in [3.63, 3.8) is 0 Å². The first-order valence-electron chi connectivity index (χ1n) is 6.14. The zero-order chi connectivity index (χ0) is 15.7. The van der Waals surface area contributed by atoms with Crippen molar-refractivity contribution < 1.29 is 22.0 Å². The summed E-state index contributed by atoms with van der Waals surface area (Å²) in [4.78, 5) is 0. The zero-order valence-electron chi connectivity index (χ0n) is 11.3. The highest BCUT2D eigenvalue weighted by molar-refractivity contribution is 5.48. The third-order valence-electron chi connectivity index (χ3n) is 3.25. The first-order valence-corrected chi connectivity index (χ1v) is 6.14. The van der Waals surface area contributed by atoms with Crippen LogP contribution < -0.4 is 5.32 Å². The maximum absolute atomic E-state index is 13.5. The van der Waals surface area contributed by atoms with E-state index in [4.69, 9.17) is 0 Å². The molecule has 0 saturated heterocycles. The molecule has 0 radical (unpaired) electrons. The summed E-state index contributed by atoms with van der Waals surface area (Å²) in [5, 5.41) is 2.26. The predicted molar refractivity (Wildman–Crippen MR) is 69.5 cm³/mol. The predicted octanol–water partition coefficient (Wildman–Crippen LogP) is 4.61. The van der Waals surface area contributed by atoms with Gasteiger partial charge in [0.05, 0.1) is 0 Å². The smallest absolute Gasteiger partial charge is 0.200 e. The number of rotatable bonds is 3. The molecule has 0 bridgehead atoms. The van der Waals surface area contributed by atoms with E-state index in [1.165, 1.54) is 0 Å². The topological polar surface area (TPSA) is 12.0 Å². The van der Waals surface area contributed by atoms with E-state index < -0.39 is 34.8 Å². The Labute approximate surface area is 118 Å². The van der Waals surface area contributed by atoms with Crippen LogP contribution in [0.3, 0.4) is 0 Å². The first kappa shape index (κ1) is 15.3. The number of nitrogens with one attached hydrogen (secondary N) is 1. The molecule has 2 rings (SSSR count). The number of benzene rings is 2. The molecule has 2 aromatic carbocycles. The summed E-state index contributed by atoms with van der Waals surface area (Å²) in [5.74, 6) is -9.82.